The van der Waals surface area contributed by atoms with E-state index in [0.29, 0.717) is 32.7 Å². The topological polar surface area (TPSA) is 102 Å². The summed E-state index contributed by atoms with van der Waals surface area (Å²) in [5, 5.41) is 9.04. The molecule has 360 valence electrons. The number of carbonyl (C=O) groups excluding carboxylic acids is 1. The maximum absolute atomic E-state index is 15.3. The van der Waals surface area contributed by atoms with Crippen molar-refractivity contribution in [3.63, 3.8) is 0 Å². The zero-order valence-electron chi connectivity index (χ0n) is 39.6. The van der Waals surface area contributed by atoms with Crippen molar-refractivity contribution in [1.82, 2.24) is 0 Å². The molecule has 11 heteroatoms. The fraction of sp³-hybridized carbons (Fsp3) is 0.750. The Labute approximate surface area is 379 Å². The average Bonchev–Trinajstić information content (AvgIpc) is 3.31. The third-order valence-electron chi connectivity index (χ3n) is 13.3. The van der Waals surface area contributed by atoms with Crippen molar-refractivity contribution >= 4 is 6.47 Å². The molecule has 2 heterocycles. The van der Waals surface area contributed by atoms with Crippen molar-refractivity contribution in [1.29, 1.82) is 0 Å². The maximum Gasteiger partial charge on any atom is 0.293 e. The van der Waals surface area contributed by atoms with E-state index in [0.717, 1.165) is 36.8 Å². The molecule has 2 aromatic carbocycles. The van der Waals surface area contributed by atoms with Crippen LogP contribution in [0.5, 0.6) is 0 Å². The zero-order valence-corrected chi connectivity index (χ0v) is 39.6. The average molecular weight is 891 g/mol. The van der Waals surface area contributed by atoms with Crippen molar-refractivity contribution in [2.24, 2.45) is 23.7 Å². The summed E-state index contributed by atoms with van der Waals surface area (Å²) < 4.78 is 68.8. The molecule has 2 aliphatic rings. The first-order valence-electron chi connectivity index (χ1n) is 24.3. The third-order valence-corrected chi connectivity index (χ3v) is 13.3. The van der Waals surface area contributed by atoms with Gasteiger partial charge in [0.15, 0.2) is 12.6 Å². The maximum atomic E-state index is 15.3. The van der Waals surface area contributed by atoms with Crippen LogP contribution >= 0.6 is 0 Å². The van der Waals surface area contributed by atoms with E-state index in [9.17, 15) is 9.18 Å². The van der Waals surface area contributed by atoms with Crippen LogP contribution in [0.15, 0.2) is 60.7 Å². The molecule has 2 fully saturated rings. The van der Waals surface area contributed by atoms with Crippen LogP contribution in [0.25, 0.3) is 0 Å². The van der Waals surface area contributed by atoms with E-state index in [4.69, 9.17) is 38.3 Å². The number of aliphatic hydroxyl groups is 1. The van der Waals surface area contributed by atoms with Gasteiger partial charge in [-0.2, -0.15) is 0 Å². The fourth-order valence-corrected chi connectivity index (χ4v) is 8.92. The van der Waals surface area contributed by atoms with E-state index >= 15 is 4.39 Å². The van der Waals surface area contributed by atoms with Crippen molar-refractivity contribution in [3.05, 3.63) is 71.8 Å². The summed E-state index contributed by atoms with van der Waals surface area (Å²) >= 11 is 0. The van der Waals surface area contributed by atoms with Gasteiger partial charge in [-0.1, -0.05) is 185 Å². The van der Waals surface area contributed by atoms with Gasteiger partial charge in [-0.15, -0.1) is 0 Å². The molecule has 0 radical (unpaired) electrons. The lowest BCUT2D eigenvalue weighted by atomic mass is 9.81. The second-order valence-electron chi connectivity index (χ2n) is 18.0. The second kappa shape index (κ2) is 33.0. The van der Waals surface area contributed by atoms with Gasteiger partial charge in [0.1, 0.15) is 24.6 Å². The molecule has 9 nitrogen and oxygen atoms in total. The minimum atomic E-state index is -1.41. The van der Waals surface area contributed by atoms with Crippen LogP contribution in [0.4, 0.5) is 8.78 Å². The SMILES string of the molecule is CO[C@H]1OC([C@@H](F)CCCCCCCCCCCCCCCCCCOC=O)[C@@H](C)[C@H](C)C1OCc1ccccc1.CO[C@H]1OC([C@@H](F)CO)[C@@H](C)[C@H](C)C1OCc1ccccc1. The number of methoxy groups -OCH3 is 2. The normalized spacial score (nSPS) is 26.9. The Morgan fingerprint density at radius 3 is 1.29 bits per heavy atom. The van der Waals surface area contributed by atoms with Gasteiger partial charge in [-0.3, -0.25) is 4.79 Å². The second-order valence-corrected chi connectivity index (χ2v) is 18.0. The molecule has 63 heavy (non-hydrogen) atoms. The lowest BCUT2D eigenvalue weighted by Gasteiger charge is -2.44. The number of hydrogen-bond acceptors (Lipinski definition) is 9. The highest BCUT2D eigenvalue weighted by atomic mass is 19.1. The molecule has 2 saturated heterocycles. The third kappa shape index (κ3) is 20.3. The van der Waals surface area contributed by atoms with Crippen LogP contribution in [0.3, 0.4) is 0 Å². The van der Waals surface area contributed by atoms with Crippen LogP contribution in [-0.2, 0) is 51.2 Å². The molecule has 1 N–H and O–H groups in total. The molecule has 4 unspecified atom stereocenters. The van der Waals surface area contributed by atoms with Gasteiger partial charge in [0, 0.05) is 14.2 Å². The number of rotatable bonds is 31. The van der Waals surface area contributed by atoms with Crippen molar-refractivity contribution in [3.8, 4) is 0 Å². The quantitative estimate of drug-likeness (QED) is 0.0586. The predicted molar refractivity (Wildman–Crippen MR) is 245 cm³/mol. The fourth-order valence-electron chi connectivity index (χ4n) is 8.92. The van der Waals surface area contributed by atoms with E-state index < -0.39 is 43.7 Å². The lowest BCUT2D eigenvalue weighted by Crippen LogP contribution is -2.54. The standard InChI is InChI=1S/C35H59FO5.C17H25FO4/c1-29-30(2)34(40-27-31-23-19-18-20-24-31)35(38-3)41-33(29)32(36)25-21-16-14-12-10-8-6-4-5-7-9-11-13-15-17-22-26-39-28-37;1-11-12(2)16(21-10-13-7-5-4-6-8-13)17(20-3)22-15(11)14(18)9-19/h18-20,23-24,28-30,32-35H,4-17,21-22,25-27H2,1-3H3;4-8,11-12,14-17,19H,9-10H2,1-3H3/t29-,30-,32-,33?,34?,35-;11-,12-,14-,15?,16?,17-/m00/s1. The molecule has 0 aromatic heterocycles. The van der Waals surface area contributed by atoms with Crippen molar-refractivity contribution in [2.75, 3.05) is 27.4 Å². The number of alkyl halides is 2. The van der Waals surface area contributed by atoms with Gasteiger partial charge in [-0.25, -0.2) is 8.78 Å². The van der Waals surface area contributed by atoms with Crippen molar-refractivity contribution in [2.45, 2.75) is 199 Å². The molecular weight excluding hydrogens is 807 g/mol. The minimum absolute atomic E-state index is 0.0530. The van der Waals surface area contributed by atoms with Gasteiger partial charge in [0.2, 0.25) is 0 Å². The number of halogens is 2. The molecule has 2 aliphatic heterocycles. The van der Waals surface area contributed by atoms with E-state index in [1.165, 1.54) is 84.2 Å². The van der Waals surface area contributed by atoms with Crippen molar-refractivity contribution < 1.29 is 51.8 Å². The first kappa shape index (κ1) is 54.8. The summed E-state index contributed by atoms with van der Waals surface area (Å²) in [6.45, 7) is 9.66. The Balaban J connectivity index is 0.000000401. The summed E-state index contributed by atoms with van der Waals surface area (Å²) in [5.74, 6) is 0.191. The summed E-state index contributed by atoms with van der Waals surface area (Å²) in [6.07, 6.45) is 15.3. The number of carbonyl (C=O) groups is 1. The Morgan fingerprint density at radius 1 is 0.556 bits per heavy atom. The van der Waals surface area contributed by atoms with Crippen LogP contribution < -0.4 is 0 Å². The highest BCUT2D eigenvalue weighted by Gasteiger charge is 2.46. The van der Waals surface area contributed by atoms with Gasteiger partial charge >= 0.3 is 0 Å². The minimum Gasteiger partial charge on any atom is -0.468 e. The molecule has 2 aromatic rings. The van der Waals surface area contributed by atoms with Crippen LogP contribution in [-0.4, -0.2) is 88.4 Å². The van der Waals surface area contributed by atoms with Gasteiger partial charge in [0.05, 0.1) is 38.6 Å². The monoisotopic (exact) mass is 891 g/mol. The van der Waals surface area contributed by atoms with Gasteiger partial charge in [-0.05, 0) is 47.6 Å². The first-order chi connectivity index (χ1) is 30.7. The summed E-state index contributed by atoms with van der Waals surface area (Å²) in [4.78, 5) is 10.1. The first-order valence-corrected chi connectivity index (χ1v) is 24.3. The lowest BCUT2D eigenvalue weighted by molar-refractivity contribution is -0.285. The highest BCUT2D eigenvalue weighted by Crippen LogP contribution is 2.38. The van der Waals surface area contributed by atoms with Crippen LogP contribution in [0.1, 0.15) is 148 Å². The molecular formula is C52H84F2O9. The Kier molecular flexibility index (Phi) is 28.7. The molecule has 4 rings (SSSR count). The molecule has 0 bridgehead atoms. The number of ether oxygens (including phenoxy) is 7. The molecule has 0 saturated carbocycles. The Hall–Kier alpha value is -2.51. The highest BCUT2D eigenvalue weighted by molar-refractivity contribution is 5.36. The van der Waals surface area contributed by atoms with Gasteiger partial charge in [0.25, 0.3) is 6.47 Å². The summed E-state index contributed by atoms with van der Waals surface area (Å²) in [7, 11) is 3.15. The van der Waals surface area contributed by atoms with E-state index in [1.807, 2.05) is 74.5 Å². The number of benzene rings is 2. The molecule has 12 atom stereocenters. The molecule has 0 amide bonds. The number of aliphatic hydroxyl groups excluding tert-OH is 1. The van der Waals surface area contributed by atoms with E-state index in [-0.39, 0.29) is 35.9 Å². The zero-order chi connectivity index (χ0) is 45.7. The predicted octanol–water partition coefficient (Wildman–Crippen LogP) is 11.9. The summed E-state index contributed by atoms with van der Waals surface area (Å²) in [5.41, 5.74) is 2.18. The largest absolute Gasteiger partial charge is 0.468 e. The smallest absolute Gasteiger partial charge is 0.293 e. The van der Waals surface area contributed by atoms with E-state index in [2.05, 4.69) is 13.8 Å². The molecule has 0 aliphatic carbocycles. The van der Waals surface area contributed by atoms with Crippen LogP contribution in [0, 0.1) is 23.7 Å². The number of hydrogen-bond donors (Lipinski definition) is 1. The van der Waals surface area contributed by atoms with Gasteiger partial charge < -0.3 is 38.3 Å². The molecule has 0 spiro atoms. The van der Waals surface area contributed by atoms with Crippen LogP contribution in [0.2, 0.25) is 0 Å². The Morgan fingerprint density at radius 2 is 0.921 bits per heavy atom. The summed E-state index contributed by atoms with van der Waals surface area (Å²) in [6, 6.07) is 20.0. The van der Waals surface area contributed by atoms with E-state index in [1.54, 1.807) is 7.11 Å². The Bertz CT molecular complexity index is 1390. The number of unbranched alkanes of at least 4 members (excludes halogenated alkanes) is 15.